The van der Waals surface area contributed by atoms with E-state index in [4.69, 9.17) is 4.74 Å². The maximum atomic E-state index is 11.7. The molecule has 1 rings (SSSR count). The summed E-state index contributed by atoms with van der Waals surface area (Å²) in [4.78, 5) is 14.1. The second-order valence-corrected chi connectivity index (χ2v) is 5.43. The molecule has 0 aromatic rings. The highest BCUT2D eigenvalue weighted by molar-refractivity contribution is 5.78. The van der Waals surface area contributed by atoms with Gasteiger partial charge in [0.05, 0.1) is 13.2 Å². The summed E-state index contributed by atoms with van der Waals surface area (Å²) in [6.45, 7) is 12.7. The first-order valence-electron chi connectivity index (χ1n) is 6.61. The molecule has 0 saturated carbocycles. The molecule has 1 aliphatic heterocycles. The van der Waals surface area contributed by atoms with E-state index in [0.29, 0.717) is 5.92 Å². The van der Waals surface area contributed by atoms with Crippen LogP contribution in [0.1, 0.15) is 27.7 Å². The number of nitrogens with one attached hydrogen (secondary N) is 1. The Kier molecular flexibility index (Phi) is 5.92. The van der Waals surface area contributed by atoms with E-state index in [9.17, 15) is 4.79 Å². The van der Waals surface area contributed by atoms with Crippen LogP contribution in [0.2, 0.25) is 0 Å². The Morgan fingerprint density at radius 3 is 2.29 bits per heavy atom. The van der Waals surface area contributed by atoms with Crippen molar-refractivity contribution in [1.29, 1.82) is 0 Å². The van der Waals surface area contributed by atoms with Crippen molar-refractivity contribution in [1.82, 2.24) is 10.2 Å². The molecule has 17 heavy (non-hydrogen) atoms. The number of hydrogen-bond acceptors (Lipinski definition) is 3. The maximum absolute atomic E-state index is 11.7. The summed E-state index contributed by atoms with van der Waals surface area (Å²) in [7, 11) is 0. The van der Waals surface area contributed by atoms with E-state index in [1.165, 1.54) is 0 Å². The third-order valence-electron chi connectivity index (χ3n) is 3.22. The van der Waals surface area contributed by atoms with Crippen LogP contribution in [0.15, 0.2) is 0 Å². The standard InChI is InChI=1S/C13H26N2O2/c1-10(2)12(14-13(16)11(3)4)9-15-5-7-17-8-6-15/h10-12H,5-9H2,1-4H3,(H,14,16)/t12-/m0/s1. The summed E-state index contributed by atoms with van der Waals surface area (Å²) in [5, 5.41) is 3.14. The topological polar surface area (TPSA) is 41.6 Å². The lowest BCUT2D eigenvalue weighted by molar-refractivity contribution is -0.125. The van der Waals surface area contributed by atoms with E-state index in [1.54, 1.807) is 0 Å². The molecule has 1 aliphatic rings. The molecule has 0 unspecified atom stereocenters. The number of hydrogen-bond donors (Lipinski definition) is 1. The average Bonchev–Trinajstić information content (AvgIpc) is 2.29. The predicted molar refractivity (Wildman–Crippen MR) is 68.9 cm³/mol. The highest BCUT2D eigenvalue weighted by atomic mass is 16.5. The normalized spacial score (nSPS) is 19.6. The first kappa shape index (κ1) is 14.5. The summed E-state index contributed by atoms with van der Waals surface area (Å²) in [6, 6.07) is 0.239. The zero-order valence-electron chi connectivity index (χ0n) is 11.5. The smallest absolute Gasteiger partial charge is 0.222 e. The maximum Gasteiger partial charge on any atom is 0.222 e. The van der Waals surface area contributed by atoms with Gasteiger partial charge in [0, 0.05) is 31.6 Å². The number of carbonyl (C=O) groups is 1. The quantitative estimate of drug-likeness (QED) is 0.785. The summed E-state index contributed by atoms with van der Waals surface area (Å²) in [6.07, 6.45) is 0. The fourth-order valence-corrected chi connectivity index (χ4v) is 1.83. The van der Waals surface area contributed by atoms with Gasteiger partial charge in [0.25, 0.3) is 0 Å². The van der Waals surface area contributed by atoms with Crippen LogP contribution in [0, 0.1) is 11.8 Å². The van der Waals surface area contributed by atoms with Crippen LogP contribution < -0.4 is 5.32 Å². The number of amides is 1. The molecule has 0 spiro atoms. The van der Waals surface area contributed by atoms with Gasteiger partial charge in [-0.05, 0) is 5.92 Å². The first-order chi connectivity index (χ1) is 8.00. The van der Waals surface area contributed by atoms with Gasteiger partial charge in [0.1, 0.15) is 0 Å². The number of nitrogens with zero attached hydrogens (tertiary/aromatic N) is 1. The van der Waals surface area contributed by atoms with Crippen LogP contribution in [0.3, 0.4) is 0 Å². The highest BCUT2D eigenvalue weighted by Gasteiger charge is 2.21. The van der Waals surface area contributed by atoms with E-state index in [1.807, 2.05) is 13.8 Å². The third-order valence-corrected chi connectivity index (χ3v) is 3.22. The minimum absolute atomic E-state index is 0.0564. The van der Waals surface area contributed by atoms with E-state index in [0.717, 1.165) is 32.8 Å². The first-order valence-corrected chi connectivity index (χ1v) is 6.61. The van der Waals surface area contributed by atoms with Gasteiger partial charge in [-0.25, -0.2) is 0 Å². The fourth-order valence-electron chi connectivity index (χ4n) is 1.83. The van der Waals surface area contributed by atoms with Crippen molar-refractivity contribution in [2.24, 2.45) is 11.8 Å². The Morgan fingerprint density at radius 1 is 1.24 bits per heavy atom. The molecule has 0 radical (unpaired) electrons. The van der Waals surface area contributed by atoms with Crippen molar-refractivity contribution in [3.63, 3.8) is 0 Å². The van der Waals surface area contributed by atoms with Crippen molar-refractivity contribution in [3.05, 3.63) is 0 Å². The third kappa shape index (κ3) is 5.04. The molecule has 100 valence electrons. The van der Waals surface area contributed by atoms with Crippen molar-refractivity contribution in [2.75, 3.05) is 32.8 Å². The number of morpholine rings is 1. The van der Waals surface area contributed by atoms with Gasteiger partial charge in [-0.2, -0.15) is 0 Å². The second kappa shape index (κ2) is 6.97. The molecule has 1 saturated heterocycles. The molecule has 0 aromatic carbocycles. The monoisotopic (exact) mass is 242 g/mol. The van der Waals surface area contributed by atoms with Crippen LogP contribution >= 0.6 is 0 Å². The molecule has 0 aromatic heterocycles. The zero-order chi connectivity index (χ0) is 12.8. The Morgan fingerprint density at radius 2 is 1.82 bits per heavy atom. The van der Waals surface area contributed by atoms with Crippen LogP contribution in [-0.2, 0) is 9.53 Å². The van der Waals surface area contributed by atoms with Crippen LogP contribution in [0.5, 0.6) is 0 Å². The molecule has 1 atom stereocenters. The molecule has 0 aliphatic carbocycles. The van der Waals surface area contributed by atoms with Gasteiger partial charge < -0.3 is 10.1 Å². The Bertz CT molecular complexity index is 236. The van der Waals surface area contributed by atoms with Gasteiger partial charge in [-0.1, -0.05) is 27.7 Å². The largest absolute Gasteiger partial charge is 0.379 e. The Labute approximate surface area is 105 Å². The van der Waals surface area contributed by atoms with Crippen molar-refractivity contribution in [2.45, 2.75) is 33.7 Å². The lowest BCUT2D eigenvalue weighted by atomic mass is 10.0. The Balaban J connectivity index is 2.44. The van der Waals surface area contributed by atoms with Gasteiger partial charge in [-0.15, -0.1) is 0 Å². The lowest BCUT2D eigenvalue weighted by Crippen LogP contribution is -2.50. The predicted octanol–water partition coefficient (Wildman–Crippen LogP) is 1.12. The van der Waals surface area contributed by atoms with Crippen LogP contribution in [0.4, 0.5) is 0 Å². The molecule has 0 bridgehead atoms. The summed E-state index contributed by atoms with van der Waals surface area (Å²) >= 11 is 0. The van der Waals surface area contributed by atoms with E-state index >= 15 is 0 Å². The van der Waals surface area contributed by atoms with Gasteiger partial charge in [0.2, 0.25) is 5.91 Å². The number of carbonyl (C=O) groups excluding carboxylic acids is 1. The molecule has 1 amide bonds. The van der Waals surface area contributed by atoms with E-state index in [-0.39, 0.29) is 17.9 Å². The lowest BCUT2D eigenvalue weighted by Gasteiger charge is -2.32. The van der Waals surface area contributed by atoms with Crippen LogP contribution in [0.25, 0.3) is 0 Å². The molecular weight excluding hydrogens is 216 g/mol. The van der Waals surface area contributed by atoms with Crippen molar-refractivity contribution < 1.29 is 9.53 Å². The van der Waals surface area contributed by atoms with Gasteiger partial charge >= 0.3 is 0 Å². The zero-order valence-corrected chi connectivity index (χ0v) is 11.5. The molecule has 4 nitrogen and oxygen atoms in total. The summed E-state index contributed by atoms with van der Waals surface area (Å²) in [5.74, 6) is 0.665. The minimum Gasteiger partial charge on any atom is -0.379 e. The minimum atomic E-state index is 0.0564. The molecular formula is C13H26N2O2. The van der Waals surface area contributed by atoms with E-state index < -0.39 is 0 Å². The Hall–Kier alpha value is -0.610. The molecule has 1 fully saturated rings. The average molecular weight is 242 g/mol. The van der Waals surface area contributed by atoms with Gasteiger partial charge in [0.15, 0.2) is 0 Å². The summed E-state index contributed by atoms with van der Waals surface area (Å²) in [5.41, 5.74) is 0. The molecule has 1 heterocycles. The molecule has 1 N–H and O–H groups in total. The van der Waals surface area contributed by atoms with Crippen LogP contribution in [-0.4, -0.2) is 49.7 Å². The van der Waals surface area contributed by atoms with Gasteiger partial charge in [-0.3, -0.25) is 9.69 Å². The summed E-state index contributed by atoms with van der Waals surface area (Å²) < 4.78 is 5.33. The SMILES string of the molecule is CC(C)C(=O)N[C@@H](CN1CCOCC1)C(C)C. The number of rotatable bonds is 5. The van der Waals surface area contributed by atoms with Crippen molar-refractivity contribution in [3.8, 4) is 0 Å². The second-order valence-electron chi connectivity index (χ2n) is 5.43. The fraction of sp³-hybridized carbons (Fsp3) is 0.923. The van der Waals surface area contributed by atoms with E-state index in [2.05, 4.69) is 24.1 Å². The molecule has 4 heteroatoms. The van der Waals surface area contributed by atoms with Crippen molar-refractivity contribution >= 4 is 5.91 Å². The highest BCUT2D eigenvalue weighted by Crippen LogP contribution is 2.07. The number of ether oxygens (including phenoxy) is 1.